The lowest BCUT2D eigenvalue weighted by molar-refractivity contribution is 0.0526. The number of carbonyl (C=O) groups is 2. The van der Waals surface area contributed by atoms with Gasteiger partial charge in [0, 0.05) is 5.69 Å². The Kier molecular flexibility index (Phi) is 6.06. The molecule has 5 rings (SSSR count). The number of anilines is 1. The second kappa shape index (κ2) is 9.34. The van der Waals surface area contributed by atoms with Gasteiger partial charge in [-0.25, -0.2) is 4.79 Å². The molecule has 0 saturated carbocycles. The van der Waals surface area contributed by atoms with Crippen molar-refractivity contribution in [3.8, 4) is 5.75 Å². The maximum absolute atomic E-state index is 13.7. The minimum absolute atomic E-state index is 0.0182. The summed E-state index contributed by atoms with van der Waals surface area (Å²) in [6.45, 7) is 6.33. The zero-order valence-electron chi connectivity index (χ0n) is 20.2. The zero-order valence-corrected chi connectivity index (χ0v) is 20.2. The molecule has 0 radical (unpaired) electrons. The fraction of sp³-hybridized carbons (Fsp3) is 0.207. The Hall–Kier alpha value is -4.39. The molecule has 1 unspecified atom stereocenters. The van der Waals surface area contributed by atoms with Crippen molar-refractivity contribution in [3.05, 3.63) is 105 Å². The summed E-state index contributed by atoms with van der Waals surface area (Å²) < 4.78 is 16.7. The van der Waals surface area contributed by atoms with E-state index in [9.17, 15) is 14.4 Å². The number of ether oxygens (including phenoxy) is 2. The fourth-order valence-electron chi connectivity index (χ4n) is 4.55. The topological polar surface area (TPSA) is 86.0 Å². The van der Waals surface area contributed by atoms with Crippen LogP contribution < -0.4 is 15.1 Å². The average Bonchev–Trinajstić information content (AvgIpc) is 3.18. The largest absolute Gasteiger partial charge is 0.494 e. The molecule has 1 aromatic heterocycles. The number of fused-ring (bicyclic) bond motifs is 2. The van der Waals surface area contributed by atoms with Crippen LogP contribution in [-0.2, 0) is 4.74 Å². The zero-order chi connectivity index (χ0) is 25.4. The Morgan fingerprint density at radius 2 is 1.67 bits per heavy atom. The first-order chi connectivity index (χ1) is 17.4. The highest BCUT2D eigenvalue weighted by Gasteiger charge is 2.43. The molecule has 1 aliphatic rings. The minimum Gasteiger partial charge on any atom is -0.494 e. The summed E-state index contributed by atoms with van der Waals surface area (Å²) in [5, 5.41) is 0.428. The third-order valence-corrected chi connectivity index (χ3v) is 6.19. The van der Waals surface area contributed by atoms with E-state index in [1.54, 1.807) is 43.3 Å². The lowest BCUT2D eigenvalue weighted by atomic mass is 9.97. The molecule has 0 bridgehead atoms. The Bertz CT molecular complexity index is 1520. The van der Waals surface area contributed by atoms with Crippen LogP contribution in [0.5, 0.6) is 5.75 Å². The van der Waals surface area contributed by atoms with Crippen LogP contribution in [0.1, 0.15) is 57.5 Å². The lowest BCUT2D eigenvalue weighted by Gasteiger charge is -2.25. The number of carbonyl (C=O) groups excluding carboxylic acids is 2. The first-order valence-corrected chi connectivity index (χ1v) is 11.8. The quantitative estimate of drug-likeness (QED) is 0.340. The molecule has 2 heterocycles. The highest BCUT2D eigenvalue weighted by molar-refractivity contribution is 6.10. The van der Waals surface area contributed by atoms with E-state index in [2.05, 4.69) is 0 Å². The van der Waals surface area contributed by atoms with Crippen LogP contribution in [0, 0.1) is 6.92 Å². The standard InChI is InChI=1S/C29H25NO6/c1-4-34-21-13-9-18(10-14-21)25-24-26(31)22-16-17(3)6-15-23(22)36-27(24)28(32)30(25)20-11-7-19(8-12-20)29(33)35-5-2/h6-16,25H,4-5H2,1-3H3. The van der Waals surface area contributed by atoms with Gasteiger partial charge in [-0.15, -0.1) is 0 Å². The van der Waals surface area contributed by atoms with Gasteiger partial charge in [0.25, 0.3) is 5.91 Å². The Morgan fingerprint density at radius 1 is 0.944 bits per heavy atom. The summed E-state index contributed by atoms with van der Waals surface area (Å²) in [6.07, 6.45) is 0. The van der Waals surface area contributed by atoms with Crippen LogP contribution in [0.2, 0.25) is 0 Å². The SMILES string of the molecule is CCOC(=O)c1ccc(N2C(=O)c3oc4ccc(C)cc4c(=O)c3C2c2ccc(OCC)cc2)cc1. The van der Waals surface area contributed by atoms with Gasteiger partial charge < -0.3 is 13.9 Å². The maximum Gasteiger partial charge on any atom is 0.338 e. The van der Waals surface area contributed by atoms with Crippen LogP contribution in [0.3, 0.4) is 0 Å². The molecular weight excluding hydrogens is 458 g/mol. The first-order valence-electron chi connectivity index (χ1n) is 11.8. The van der Waals surface area contributed by atoms with Gasteiger partial charge in [-0.3, -0.25) is 14.5 Å². The molecule has 4 aromatic rings. The first kappa shape index (κ1) is 23.4. The molecule has 182 valence electrons. The third kappa shape index (κ3) is 3.92. The van der Waals surface area contributed by atoms with Crippen molar-refractivity contribution in [3.63, 3.8) is 0 Å². The number of hydrogen-bond donors (Lipinski definition) is 0. The Balaban J connectivity index is 1.68. The second-order valence-electron chi connectivity index (χ2n) is 8.52. The van der Waals surface area contributed by atoms with E-state index in [1.165, 1.54) is 4.90 Å². The molecule has 0 saturated heterocycles. The van der Waals surface area contributed by atoms with E-state index in [4.69, 9.17) is 13.9 Å². The van der Waals surface area contributed by atoms with Gasteiger partial charge in [-0.1, -0.05) is 23.8 Å². The minimum atomic E-state index is -0.710. The molecular formula is C29H25NO6. The smallest absolute Gasteiger partial charge is 0.338 e. The average molecular weight is 484 g/mol. The van der Waals surface area contributed by atoms with Crippen molar-refractivity contribution in [2.75, 3.05) is 18.1 Å². The number of hydrogen-bond acceptors (Lipinski definition) is 6. The summed E-state index contributed by atoms with van der Waals surface area (Å²) in [5.41, 5.74) is 2.96. The van der Waals surface area contributed by atoms with E-state index in [0.717, 1.165) is 11.1 Å². The molecule has 0 N–H and O–H groups in total. The highest BCUT2D eigenvalue weighted by atomic mass is 16.5. The van der Waals surface area contributed by atoms with Crippen LogP contribution in [0.25, 0.3) is 11.0 Å². The van der Waals surface area contributed by atoms with Gasteiger partial charge in [0.15, 0.2) is 5.43 Å². The van der Waals surface area contributed by atoms with Crippen LogP contribution >= 0.6 is 0 Å². The van der Waals surface area contributed by atoms with Crippen molar-refractivity contribution in [1.29, 1.82) is 0 Å². The van der Waals surface area contributed by atoms with Crippen LogP contribution in [0.15, 0.2) is 75.9 Å². The number of amides is 1. The van der Waals surface area contributed by atoms with E-state index in [1.807, 2.05) is 44.2 Å². The molecule has 7 heteroatoms. The Morgan fingerprint density at radius 3 is 2.33 bits per heavy atom. The van der Waals surface area contributed by atoms with Crippen molar-refractivity contribution in [1.82, 2.24) is 0 Å². The number of esters is 1. The number of nitrogens with zero attached hydrogens (tertiary/aromatic N) is 1. The molecule has 0 aliphatic carbocycles. The third-order valence-electron chi connectivity index (χ3n) is 6.19. The molecule has 3 aromatic carbocycles. The van der Waals surface area contributed by atoms with Gasteiger partial charge in [0.2, 0.25) is 5.76 Å². The molecule has 1 amide bonds. The van der Waals surface area contributed by atoms with Gasteiger partial charge in [0.05, 0.1) is 35.8 Å². The molecule has 1 atom stereocenters. The summed E-state index contributed by atoms with van der Waals surface area (Å²) in [5.74, 6) is -0.157. The number of aryl methyl sites for hydroxylation is 1. The van der Waals surface area contributed by atoms with E-state index in [0.29, 0.717) is 34.6 Å². The molecule has 0 spiro atoms. The maximum atomic E-state index is 13.7. The van der Waals surface area contributed by atoms with Crippen LogP contribution in [-0.4, -0.2) is 25.1 Å². The summed E-state index contributed by atoms with van der Waals surface area (Å²) in [4.78, 5) is 41.1. The summed E-state index contributed by atoms with van der Waals surface area (Å²) in [7, 11) is 0. The highest BCUT2D eigenvalue weighted by Crippen LogP contribution is 2.41. The number of benzene rings is 3. The molecule has 1 aliphatic heterocycles. The molecule has 0 fully saturated rings. The van der Waals surface area contributed by atoms with Crippen molar-refractivity contribution < 1.29 is 23.5 Å². The van der Waals surface area contributed by atoms with Gasteiger partial charge in [-0.05, 0) is 74.9 Å². The van der Waals surface area contributed by atoms with Crippen molar-refractivity contribution in [2.24, 2.45) is 0 Å². The van der Waals surface area contributed by atoms with E-state index >= 15 is 0 Å². The predicted octanol–water partition coefficient (Wildman–Crippen LogP) is 5.43. The summed E-state index contributed by atoms with van der Waals surface area (Å²) in [6, 6.07) is 18.5. The van der Waals surface area contributed by atoms with Gasteiger partial charge in [0.1, 0.15) is 11.3 Å². The van der Waals surface area contributed by atoms with E-state index < -0.39 is 17.9 Å². The molecule has 7 nitrogen and oxygen atoms in total. The second-order valence-corrected chi connectivity index (χ2v) is 8.52. The van der Waals surface area contributed by atoms with Crippen LogP contribution in [0.4, 0.5) is 5.69 Å². The van der Waals surface area contributed by atoms with Crippen molar-refractivity contribution >= 4 is 28.5 Å². The number of rotatable bonds is 6. The Labute approximate surface area is 207 Å². The monoisotopic (exact) mass is 483 g/mol. The molecule has 36 heavy (non-hydrogen) atoms. The predicted molar refractivity (Wildman–Crippen MR) is 136 cm³/mol. The normalized spacial score (nSPS) is 14.7. The van der Waals surface area contributed by atoms with E-state index in [-0.39, 0.29) is 23.4 Å². The lowest BCUT2D eigenvalue weighted by Crippen LogP contribution is -2.29. The van der Waals surface area contributed by atoms with Crippen molar-refractivity contribution in [2.45, 2.75) is 26.8 Å². The summed E-state index contributed by atoms with van der Waals surface area (Å²) >= 11 is 0. The van der Waals surface area contributed by atoms with Gasteiger partial charge >= 0.3 is 5.97 Å². The fourth-order valence-corrected chi connectivity index (χ4v) is 4.55. The van der Waals surface area contributed by atoms with Gasteiger partial charge in [-0.2, -0.15) is 0 Å².